The van der Waals surface area contributed by atoms with E-state index in [4.69, 9.17) is 5.11 Å². The monoisotopic (exact) mass is 188 g/mol. The van der Waals surface area contributed by atoms with Crippen LogP contribution in [0.1, 0.15) is 12.8 Å². The van der Waals surface area contributed by atoms with Gasteiger partial charge in [0.05, 0.1) is 5.75 Å². The Morgan fingerprint density at radius 1 is 1.67 bits per heavy atom. The van der Waals surface area contributed by atoms with E-state index >= 15 is 0 Å². The van der Waals surface area contributed by atoms with Gasteiger partial charge in [-0.05, 0) is 12.8 Å². The van der Waals surface area contributed by atoms with E-state index in [9.17, 15) is 4.79 Å². The molecule has 0 aliphatic carbocycles. The van der Waals surface area contributed by atoms with Crippen molar-refractivity contribution in [2.24, 2.45) is 4.99 Å². The van der Waals surface area contributed by atoms with Crippen LogP contribution in [0.3, 0.4) is 0 Å². The molecule has 0 aromatic rings. The summed E-state index contributed by atoms with van der Waals surface area (Å²) in [5.74, 6) is -0.708. The second kappa shape index (κ2) is 5.03. The molecule has 0 atom stereocenters. The van der Waals surface area contributed by atoms with Crippen LogP contribution < -0.4 is 5.32 Å². The van der Waals surface area contributed by atoms with Gasteiger partial charge in [-0.15, -0.1) is 0 Å². The molecule has 68 valence electrons. The normalized spacial score (nSPS) is 17.5. The van der Waals surface area contributed by atoms with E-state index in [2.05, 4.69) is 10.3 Å². The third-order valence-electron chi connectivity index (χ3n) is 1.45. The summed E-state index contributed by atoms with van der Waals surface area (Å²) in [6.45, 7) is 1.72. The van der Waals surface area contributed by atoms with Crippen LogP contribution in [-0.4, -0.2) is 35.1 Å². The van der Waals surface area contributed by atoms with Gasteiger partial charge in [0.1, 0.15) is 0 Å². The van der Waals surface area contributed by atoms with Gasteiger partial charge in [-0.1, -0.05) is 11.8 Å². The van der Waals surface area contributed by atoms with Gasteiger partial charge >= 0.3 is 5.97 Å². The van der Waals surface area contributed by atoms with Crippen molar-refractivity contribution in [2.45, 2.75) is 12.8 Å². The van der Waals surface area contributed by atoms with Crippen LogP contribution in [0.15, 0.2) is 4.99 Å². The first-order chi connectivity index (χ1) is 5.79. The lowest BCUT2D eigenvalue weighted by atomic mass is 10.3. The molecule has 0 saturated carbocycles. The topological polar surface area (TPSA) is 61.7 Å². The molecule has 0 amide bonds. The number of rotatable bonds is 2. The van der Waals surface area contributed by atoms with E-state index in [-0.39, 0.29) is 5.75 Å². The number of aliphatic carboxylic acids is 1. The lowest BCUT2D eigenvalue weighted by Gasteiger charge is -2.03. The van der Waals surface area contributed by atoms with Crippen molar-refractivity contribution >= 4 is 22.9 Å². The summed E-state index contributed by atoms with van der Waals surface area (Å²) in [5.41, 5.74) is 0. The number of aliphatic imine (C=N–C) groups is 1. The summed E-state index contributed by atoms with van der Waals surface area (Å²) < 4.78 is 0. The molecule has 0 fully saturated rings. The number of thioether (sulfide) groups is 1. The second-order valence-electron chi connectivity index (χ2n) is 2.50. The van der Waals surface area contributed by atoms with Crippen molar-refractivity contribution in [3.63, 3.8) is 0 Å². The third-order valence-corrected chi connectivity index (χ3v) is 2.39. The van der Waals surface area contributed by atoms with Crippen molar-refractivity contribution in [3.8, 4) is 0 Å². The molecule has 0 saturated heterocycles. The number of carbonyl (C=O) groups is 1. The molecule has 0 radical (unpaired) electrons. The number of hydrogen-bond donors (Lipinski definition) is 2. The minimum atomic E-state index is -0.797. The van der Waals surface area contributed by atoms with E-state index in [0.717, 1.165) is 31.1 Å². The van der Waals surface area contributed by atoms with Gasteiger partial charge in [0, 0.05) is 13.1 Å². The van der Waals surface area contributed by atoms with Crippen molar-refractivity contribution in [2.75, 3.05) is 18.8 Å². The maximum absolute atomic E-state index is 10.2. The molecule has 0 bridgehead atoms. The lowest BCUT2D eigenvalue weighted by Crippen LogP contribution is -2.21. The Hall–Kier alpha value is -0.710. The molecular formula is C7H12N2O2S. The van der Waals surface area contributed by atoms with Gasteiger partial charge < -0.3 is 10.4 Å². The summed E-state index contributed by atoms with van der Waals surface area (Å²) in [6, 6.07) is 0. The van der Waals surface area contributed by atoms with E-state index in [1.807, 2.05) is 0 Å². The van der Waals surface area contributed by atoms with E-state index in [1.54, 1.807) is 0 Å². The van der Waals surface area contributed by atoms with Gasteiger partial charge in [0.2, 0.25) is 0 Å². The van der Waals surface area contributed by atoms with Crippen LogP contribution in [0.2, 0.25) is 0 Å². The van der Waals surface area contributed by atoms with Crippen LogP contribution >= 0.6 is 11.8 Å². The first kappa shape index (κ1) is 9.38. The molecule has 2 N–H and O–H groups in total. The Balaban J connectivity index is 2.28. The lowest BCUT2D eigenvalue weighted by molar-refractivity contribution is -0.133. The highest BCUT2D eigenvalue weighted by Crippen LogP contribution is 2.05. The number of nitrogens with one attached hydrogen (secondary N) is 1. The average Bonchev–Trinajstić information content (AvgIpc) is 2.28. The van der Waals surface area contributed by atoms with Gasteiger partial charge in [-0.25, -0.2) is 0 Å². The molecule has 1 aliphatic rings. The summed E-state index contributed by atoms with van der Waals surface area (Å²) in [6.07, 6.45) is 2.20. The summed E-state index contributed by atoms with van der Waals surface area (Å²) in [7, 11) is 0. The molecule has 12 heavy (non-hydrogen) atoms. The van der Waals surface area contributed by atoms with Gasteiger partial charge in [0.25, 0.3) is 0 Å². The minimum absolute atomic E-state index is 0.0891. The molecule has 0 aromatic heterocycles. The number of nitrogens with zero attached hydrogens (tertiary/aromatic N) is 1. The predicted octanol–water partition coefficient (Wildman–Crippen LogP) is 0.544. The standard InChI is InChI=1S/C7H12N2O2S/c10-6(11)5-12-7-8-3-1-2-4-9-7/h1-5H2,(H,8,9)(H,10,11). The van der Waals surface area contributed by atoms with E-state index in [1.165, 1.54) is 11.8 Å². The zero-order valence-corrected chi connectivity index (χ0v) is 7.56. The van der Waals surface area contributed by atoms with E-state index in [0.29, 0.717) is 0 Å². The molecular weight excluding hydrogens is 176 g/mol. The fraction of sp³-hybridized carbons (Fsp3) is 0.714. The SMILES string of the molecule is O=C(O)CSC1=NCCCCN1. The number of carboxylic acid groups (broad SMARTS) is 1. The number of carboxylic acids is 1. The summed E-state index contributed by atoms with van der Waals surface area (Å²) >= 11 is 1.26. The van der Waals surface area contributed by atoms with Crippen molar-refractivity contribution in [3.05, 3.63) is 0 Å². The molecule has 0 spiro atoms. The average molecular weight is 188 g/mol. The van der Waals surface area contributed by atoms with E-state index < -0.39 is 5.97 Å². The quantitative estimate of drug-likeness (QED) is 0.664. The highest BCUT2D eigenvalue weighted by atomic mass is 32.2. The van der Waals surface area contributed by atoms with Crippen LogP contribution in [-0.2, 0) is 4.79 Å². The molecule has 5 heteroatoms. The highest BCUT2D eigenvalue weighted by molar-refractivity contribution is 8.14. The zero-order chi connectivity index (χ0) is 8.81. The largest absolute Gasteiger partial charge is 0.481 e. The van der Waals surface area contributed by atoms with Crippen LogP contribution in [0, 0.1) is 0 Å². The van der Waals surface area contributed by atoms with Gasteiger partial charge in [0.15, 0.2) is 5.17 Å². The second-order valence-corrected chi connectivity index (χ2v) is 3.47. The Bertz CT molecular complexity index is 194. The maximum Gasteiger partial charge on any atom is 0.313 e. The van der Waals surface area contributed by atoms with Crippen LogP contribution in [0.5, 0.6) is 0 Å². The molecule has 0 aromatic carbocycles. The highest BCUT2D eigenvalue weighted by Gasteiger charge is 2.05. The van der Waals surface area contributed by atoms with Crippen molar-refractivity contribution in [1.82, 2.24) is 5.32 Å². The molecule has 1 rings (SSSR count). The smallest absolute Gasteiger partial charge is 0.313 e. The van der Waals surface area contributed by atoms with Crippen LogP contribution in [0.4, 0.5) is 0 Å². The maximum atomic E-state index is 10.2. The Kier molecular flexibility index (Phi) is 3.93. The Morgan fingerprint density at radius 3 is 3.25 bits per heavy atom. The number of hydrogen-bond acceptors (Lipinski definition) is 4. The van der Waals surface area contributed by atoms with Gasteiger partial charge in [-0.3, -0.25) is 9.79 Å². The first-order valence-electron chi connectivity index (χ1n) is 3.92. The molecule has 1 heterocycles. The summed E-state index contributed by atoms with van der Waals surface area (Å²) in [4.78, 5) is 14.4. The summed E-state index contributed by atoms with van der Waals surface area (Å²) in [5, 5.41) is 12.3. The van der Waals surface area contributed by atoms with Crippen LogP contribution in [0.25, 0.3) is 0 Å². The number of amidine groups is 1. The molecule has 1 aliphatic heterocycles. The Labute approximate surface area is 75.4 Å². The first-order valence-corrected chi connectivity index (χ1v) is 4.90. The van der Waals surface area contributed by atoms with Crippen molar-refractivity contribution in [1.29, 1.82) is 0 Å². The van der Waals surface area contributed by atoms with Gasteiger partial charge in [-0.2, -0.15) is 0 Å². The molecule has 0 unspecified atom stereocenters. The Morgan fingerprint density at radius 2 is 2.50 bits per heavy atom. The fourth-order valence-electron chi connectivity index (χ4n) is 0.895. The zero-order valence-electron chi connectivity index (χ0n) is 6.75. The molecule has 4 nitrogen and oxygen atoms in total. The fourth-order valence-corrected chi connectivity index (χ4v) is 1.54. The van der Waals surface area contributed by atoms with Crippen molar-refractivity contribution < 1.29 is 9.90 Å². The third kappa shape index (κ3) is 3.61. The predicted molar refractivity (Wildman–Crippen MR) is 49.6 cm³/mol. The minimum Gasteiger partial charge on any atom is -0.481 e.